The van der Waals surface area contributed by atoms with E-state index in [9.17, 15) is 4.79 Å². The van der Waals surface area contributed by atoms with Crippen molar-refractivity contribution >= 4 is 6.03 Å². The smallest absolute Gasteiger partial charge is 0.318 e. The van der Waals surface area contributed by atoms with Crippen LogP contribution in [0.5, 0.6) is 0 Å². The number of aromatic nitrogens is 3. The van der Waals surface area contributed by atoms with Gasteiger partial charge in [0.1, 0.15) is 5.82 Å². The molecule has 1 saturated heterocycles. The maximum Gasteiger partial charge on any atom is 0.318 e. The average molecular weight is 343 g/mol. The van der Waals surface area contributed by atoms with Crippen molar-refractivity contribution in [3.05, 3.63) is 11.6 Å². The Kier molecular flexibility index (Phi) is 3.94. The third-order valence-electron chi connectivity index (χ3n) is 7.18. The van der Waals surface area contributed by atoms with E-state index in [-0.39, 0.29) is 6.03 Å². The first-order valence-corrected chi connectivity index (χ1v) is 10.2. The molecule has 0 aromatic carbocycles. The molecule has 0 spiro atoms. The zero-order valence-corrected chi connectivity index (χ0v) is 15.0. The van der Waals surface area contributed by atoms with Crippen molar-refractivity contribution in [1.82, 2.24) is 25.0 Å². The first-order valence-electron chi connectivity index (χ1n) is 10.2. The highest BCUT2D eigenvalue weighted by Crippen LogP contribution is 2.50. The molecule has 2 aliphatic carbocycles. The zero-order valence-electron chi connectivity index (χ0n) is 15.0. The first-order chi connectivity index (χ1) is 12.3. The van der Waals surface area contributed by atoms with E-state index in [1.54, 1.807) is 0 Å². The topological polar surface area (TPSA) is 63.1 Å². The van der Waals surface area contributed by atoms with Gasteiger partial charge in [0.25, 0.3) is 0 Å². The summed E-state index contributed by atoms with van der Waals surface area (Å²) in [6, 6.07) is 0.550. The standard InChI is InChI=1S/C19H29N5O/c25-19(20-12-18-22-21-17-4-2-8-24(17)18)23-7-1-3-16(23)11-15-10-13-5-6-14(15)9-13/h13-16H,1-12H2,(H,20,25)/t13-,14-,15-,16+/m0/s1. The number of amides is 2. The molecule has 3 heterocycles. The molecule has 6 heteroatoms. The Morgan fingerprint density at radius 2 is 2.08 bits per heavy atom. The van der Waals surface area contributed by atoms with Crippen LogP contribution in [-0.2, 0) is 19.5 Å². The normalized spacial score (nSPS) is 33.2. The molecule has 6 nitrogen and oxygen atoms in total. The highest BCUT2D eigenvalue weighted by molar-refractivity contribution is 5.74. The van der Waals surface area contributed by atoms with E-state index in [1.165, 1.54) is 38.5 Å². The van der Waals surface area contributed by atoms with Gasteiger partial charge in [-0.2, -0.15) is 0 Å². The minimum Gasteiger partial charge on any atom is -0.331 e. The highest BCUT2D eigenvalue weighted by Gasteiger charge is 2.42. The molecule has 0 unspecified atom stereocenters. The van der Waals surface area contributed by atoms with Gasteiger partial charge in [-0.25, -0.2) is 4.79 Å². The van der Waals surface area contributed by atoms with Crippen molar-refractivity contribution in [2.45, 2.75) is 76.9 Å². The van der Waals surface area contributed by atoms with Crippen molar-refractivity contribution in [3.63, 3.8) is 0 Å². The van der Waals surface area contributed by atoms with Gasteiger partial charge in [0.15, 0.2) is 5.82 Å². The molecule has 25 heavy (non-hydrogen) atoms. The average Bonchev–Trinajstić information content (AvgIpc) is 3.38. The van der Waals surface area contributed by atoms with Gasteiger partial charge < -0.3 is 14.8 Å². The van der Waals surface area contributed by atoms with Crippen molar-refractivity contribution in [2.24, 2.45) is 17.8 Å². The number of hydrogen-bond acceptors (Lipinski definition) is 3. The molecule has 2 saturated carbocycles. The lowest BCUT2D eigenvalue weighted by molar-refractivity contribution is 0.174. The van der Waals surface area contributed by atoms with Crippen molar-refractivity contribution in [1.29, 1.82) is 0 Å². The van der Waals surface area contributed by atoms with Crippen molar-refractivity contribution in [3.8, 4) is 0 Å². The molecule has 2 bridgehead atoms. The van der Waals surface area contributed by atoms with Crippen LogP contribution in [0.25, 0.3) is 0 Å². The van der Waals surface area contributed by atoms with Crippen LogP contribution in [0.2, 0.25) is 0 Å². The molecule has 4 aliphatic rings. The molecule has 3 fully saturated rings. The summed E-state index contributed by atoms with van der Waals surface area (Å²) in [4.78, 5) is 14.8. The summed E-state index contributed by atoms with van der Waals surface area (Å²) in [7, 11) is 0. The minimum atomic E-state index is 0.0982. The van der Waals surface area contributed by atoms with E-state index in [2.05, 4.69) is 25.0 Å². The van der Waals surface area contributed by atoms with E-state index in [1.807, 2.05) is 0 Å². The van der Waals surface area contributed by atoms with Gasteiger partial charge in [-0.3, -0.25) is 0 Å². The molecule has 1 N–H and O–H groups in total. The largest absolute Gasteiger partial charge is 0.331 e. The van der Waals surface area contributed by atoms with Crippen molar-refractivity contribution < 1.29 is 4.79 Å². The van der Waals surface area contributed by atoms with E-state index in [0.717, 1.165) is 61.8 Å². The highest BCUT2D eigenvalue weighted by atomic mass is 16.2. The van der Waals surface area contributed by atoms with Crippen LogP contribution in [0.4, 0.5) is 4.79 Å². The Labute approximate surface area is 149 Å². The Balaban J connectivity index is 1.18. The van der Waals surface area contributed by atoms with Gasteiger partial charge in [0.05, 0.1) is 6.54 Å². The molecular weight excluding hydrogens is 314 g/mol. The first kappa shape index (κ1) is 15.6. The molecular formula is C19H29N5O. The van der Waals surface area contributed by atoms with Crippen LogP contribution >= 0.6 is 0 Å². The Bertz CT molecular complexity index is 656. The van der Waals surface area contributed by atoms with Gasteiger partial charge in [-0.1, -0.05) is 6.42 Å². The molecule has 136 valence electrons. The van der Waals surface area contributed by atoms with Gasteiger partial charge >= 0.3 is 6.03 Å². The number of aryl methyl sites for hydroxylation is 1. The van der Waals surface area contributed by atoms with Crippen LogP contribution < -0.4 is 5.32 Å². The van der Waals surface area contributed by atoms with E-state index < -0.39 is 0 Å². The number of hydrogen-bond donors (Lipinski definition) is 1. The van der Waals surface area contributed by atoms with E-state index >= 15 is 0 Å². The maximum absolute atomic E-state index is 12.7. The van der Waals surface area contributed by atoms with Gasteiger partial charge in [-0.15, -0.1) is 10.2 Å². The second kappa shape index (κ2) is 6.29. The lowest BCUT2D eigenvalue weighted by atomic mass is 9.84. The number of urea groups is 1. The fraction of sp³-hybridized carbons (Fsp3) is 0.842. The maximum atomic E-state index is 12.7. The molecule has 5 rings (SSSR count). The number of fused-ring (bicyclic) bond motifs is 3. The summed E-state index contributed by atoms with van der Waals surface area (Å²) >= 11 is 0. The summed E-state index contributed by atoms with van der Waals surface area (Å²) in [6.07, 6.45) is 11.5. The summed E-state index contributed by atoms with van der Waals surface area (Å²) in [5.41, 5.74) is 0. The van der Waals surface area contributed by atoms with E-state index in [4.69, 9.17) is 0 Å². The van der Waals surface area contributed by atoms with Crippen LogP contribution in [0.1, 0.15) is 63.0 Å². The lowest BCUT2D eigenvalue weighted by Crippen LogP contribution is -2.43. The minimum absolute atomic E-state index is 0.0982. The predicted molar refractivity (Wildman–Crippen MR) is 93.9 cm³/mol. The van der Waals surface area contributed by atoms with Crippen LogP contribution in [-0.4, -0.2) is 38.3 Å². The second-order valence-electron chi connectivity index (χ2n) is 8.61. The molecule has 2 amide bonds. The number of nitrogens with zero attached hydrogens (tertiary/aromatic N) is 4. The van der Waals surface area contributed by atoms with Crippen LogP contribution in [0, 0.1) is 17.8 Å². The molecule has 1 aromatic rings. The molecule has 4 atom stereocenters. The Morgan fingerprint density at radius 1 is 1.12 bits per heavy atom. The third kappa shape index (κ3) is 2.83. The number of rotatable bonds is 4. The van der Waals surface area contributed by atoms with Crippen LogP contribution in [0.3, 0.4) is 0 Å². The summed E-state index contributed by atoms with van der Waals surface area (Å²) in [5, 5.41) is 11.6. The number of likely N-dealkylation sites (tertiary alicyclic amines) is 1. The summed E-state index contributed by atoms with van der Waals surface area (Å²) in [6.45, 7) is 2.41. The quantitative estimate of drug-likeness (QED) is 0.914. The summed E-state index contributed by atoms with van der Waals surface area (Å²) in [5.74, 6) is 4.80. The van der Waals surface area contributed by atoms with Gasteiger partial charge in [0.2, 0.25) is 0 Å². The van der Waals surface area contributed by atoms with Crippen LogP contribution in [0.15, 0.2) is 0 Å². The SMILES string of the molecule is O=C(NCc1nnc2n1CCC2)N1CCC[C@@H]1C[C@@H]1C[C@H]2CC[C@H]1C2. The number of carbonyl (C=O) groups is 1. The van der Waals surface area contributed by atoms with Gasteiger partial charge in [-0.05, 0) is 62.7 Å². The van der Waals surface area contributed by atoms with Gasteiger partial charge in [0, 0.05) is 25.6 Å². The molecule has 1 aromatic heterocycles. The van der Waals surface area contributed by atoms with Crippen molar-refractivity contribution in [2.75, 3.05) is 6.54 Å². The molecule has 0 radical (unpaired) electrons. The monoisotopic (exact) mass is 343 g/mol. The second-order valence-corrected chi connectivity index (χ2v) is 8.61. The zero-order chi connectivity index (χ0) is 16.8. The van der Waals surface area contributed by atoms with E-state index in [0.29, 0.717) is 12.6 Å². The number of nitrogens with one attached hydrogen (secondary N) is 1. The lowest BCUT2D eigenvalue weighted by Gasteiger charge is -2.30. The third-order valence-corrected chi connectivity index (χ3v) is 7.18. The fourth-order valence-corrected chi connectivity index (χ4v) is 5.96. The molecule has 2 aliphatic heterocycles. The number of carbonyl (C=O) groups excluding carboxylic acids is 1. The Morgan fingerprint density at radius 3 is 2.92 bits per heavy atom. The fourth-order valence-electron chi connectivity index (χ4n) is 5.96. The Hall–Kier alpha value is -1.59. The summed E-state index contributed by atoms with van der Waals surface area (Å²) < 4.78 is 2.16. The predicted octanol–water partition coefficient (Wildman–Crippen LogP) is 2.72.